The molecule has 0 aromatic heterocycles. The van der Waals surface area contributed by atoms with Crippen molar-refractivity contribution in [1.29, 1.82) is 0 Å². The molecule has 96 valence electrons. The van der Waals surface area contributed by atoms with Crippen molar-refractivity contribution in [3.8, 4) is 0 Å². The Morgan fingerprint density at radius 1 is 1.12 bits per heavy atom. The number of nitrogens with two attached hydrogens (primary N) is 1. The van der Waals surface area contributed by atoms with Gasteiger partial charge in [-0.3, -0.25) is 0 Å². The Labute approximate surface area is 93.1 Å². The standard InChI is InChI=1S/C9H19NO6/c10-7-5(1-4(13)2-11)16-6(3-12)8(14)9(7)15/h4-9,11-15H,1-3,10H2/t4?,5-,6+,7+,8+,9+/m0/s1. The fraction of sp³-hybridized carbons (Fsp3) is 1.00. The van der Waals surface area contributed by atoms with E-state index in [1.54, 1.807) is 0 Å². The summed E-state index contributed by atoms with van der Waals surface area (Å²) in [6, 6.07) is -0.862. The third kappa shape index (κ3) is 2.89. The summed E-state index contributed by atoms with van der Waals surface area (Å²) in [5, 5.41) is 45.9. The molecule has 1 unspecified atom stereocenters. The van der Waals surface area contributed by atoms with Crippen LogP contribution in [0.5, 0.6) is 0 Å². The Bertz CT molecular complexity index is 214. The Kier molecular flexibility index (Phi) is 5.06. The van der Waals surface area contributed by atoms with E-state index in [4.69, 9.17) is 20.7 Å². The SMILES string of the molecule is N[C@H]1[C@@H](O)[C@H](O)[C@@H](CO)O[C@H]1CC(O)CO. The van der Waals surface area contributed by atoms with Gasteiger partial charge in [0.1, 0.15) is 18.3 Å². The third-order valence-corrected chi connectivity index (χ3v) is 2.80. The minimum Gasteiger partial charge on any atom is -0.394 e. The molecular weight excluding hydrogens is 218 g/mol. The lowest BCUT2D eigenvalue weighted by atomic mass is 9.91. The summed E-state index contributed by atoms with van der Waals surface area (Å²) in [6.45, 7) is -0.883. The normalized spacial score (nSPS) is 42.0. The smallest absolute Gasteiger partial charge is 0.110 e. The molecule has 1 fully saturated rings. The van der Waals surface area contributed by atoms with Gasteiger partial charge >= 0.3 is 0 Å². The Morgan fingerprint density at radius 3 is 2.25 bits per heavy atom. The van der Waals surface area contributed by atoms with Crippen molar-refractivity contribution >= 4 is 0 Å². The van der Waals surface area contributed by atoms with Crippen molar-refractivity contribution < 1.29 is 30.3 Å². The van der Waals surface area contributed by atoms with E-state index in [-0.39, 0.29) is 6.42 Å². The Hall–Kier alpha value is -0.280. The van der Waals surface area contributed by atoms with Gasteiger partial charge < -0.3 is 36.0 Å². The molecular formula is C9H19NO6. The molecule has 0 aliphatic carbocycles. The Morgan fingerprint density at radius 2 is 1.75 bits per heavy atom. The number of hydrogen-bond acceptors (Lipinski definition) is 7. The molecule has 1 rings (SSSR count). The van der Waals surface area contributed by atoms with E-state index in [0.717, 1.165) is 0 Å². The maximum absolute atomic E-state index is 9.59. The maximum Gasteiger partial charge on any atom is 0.110 e. The summed E-state index contributed by atoms with van der Waals surface area (Å²) in [5.41, 5.74) is 5.62. The second-order valence-corrected chi connectivity index (χ2v) is 4.03. The van der Waals surface area contributed by atoms with E-state index in [9.17, 15) is 15.3 Å². The second-order valence-electron chi connectivity index (χ2n) is 4.03. The average Bonchev–Trinajstić information content (AvgIpc) is 2.29. The van der Waals surface area contributed by atoms with Crippen LogP contribution in [-0.4, -0.2) is 75.3 Å². The predicted molar refractivity (Wildman–Crippen MR) is 53.4 cm³/mol. The van der Waals surface area contributed by atoms with Crippen LogP contribution in [0.15, 0.2) is 0 Å². The molecule has 0 aromatic carbocycles. The number of ether oxygens (including phenoxy) is 1. The molecule has 16 heavy (non-hydrogen) atoms. The first-order chi connectivity index (χ1) is 7.51. The summed E-state index contributed by atoms with van der Waals surface area (Å²) >= 11 is 0. The van der Waals surface area contributed by atoms with Gasteiger partial charge in [-0.15, -0.1) is 0 Å². The first-order valence-corrected chi connectivity index (χ1v) is 5.18. The van der Waals surface area contributed by atoms with Crippen molar-refractivity contribution in [3.63, 3.8) is 0 Å². The highest BCUT2D eigenvalue weighted by molar-refractivity contribution is 4.95. The molecule has 7 N–H and O–H groups in total. The van der Waals surface area contributed by atoms with Gasteiger partial charge in [-0.25, -0.2) is 0 Å². The van der Waals surface area contributed by atoms with Gasteiger partial charge in [-0.05, 0) is 0 Å². The van der Waals surface area contributed by atoms with Crippen molar-refractivity contribution in [3.05, 3.63) is 0 Å². The zero-order valence-electron chi connectivity index (χ0n) is 8.81. The summed E-state index contributed by atoms with van der Waals surface area (Å²) in [7, 11) is 0. The number of aliphatic hydroxyl groups is 5. The van der Waals surface area contributed by atoms with Crippen LogP contribution in [0.3, 0.4) is 0 Å². The van der Waals surface area contributed by atoms with Crippen molar-refractivity contribution in [2.45, 2.75) is 43.0 Å². The van der Waals surface area contributed by atoms with E-state index in [1.165, 1.54) is 0 Å². The van der Waals surface area contributed by atoms with Crippen LogP contribution < -0.4 is 5.73 Å². The van der Waals surface area contributed by atoms with Crippen LogP contribution in [-0.2, 0) is 4.74 Å². The predicted octanol–water partition coefficient (Wildman–Crippen LogP) is -3.46. The van der Waals surface area contributed by atoms with Crippen LogP contribution in [0.1, 0.15) is 6.42 Å². The first-order valence-electron chi connectivity index (χ1n) is 5.18. The molecule has 1 aliphatic rings. The zero-order chi connectivity index (χ0) is 12.3. The van der Waals surface area contributed by atoms with E-state index in [0.29, 0.717) is 0 Å². The lowest BCUT2D eigenvalue weighted by Gasteiger charge is -2.41. The second kappa shape index (κ2) is 5.87. The summed E-state index contributed by atoms with van der Waals surface area (Å²) < 4.78 is 5.25. The highest BCUT2D eigenvalue weighted by atomic mass is 16.5. The quantitative estimate of drug-likeness (QED) is 0.299. The fourth-order valence-corrected chi connectivity index (χ4v) is 1.77. The van der Waals surface area contributed by atoms with Gasteiger partial charge in [0.15, 0.2) is 0 Å². The van der Waals surface area contributed by atoms with Crippen LogP contribution in [0.4, 0.5) is 0 Å². The first kappa shape index (κ1) is 13.8. The molecule has 0 saturated carbocycles. The molecule has 7 heteroatoms. The lowest BCUT2D eigenvalue weighted by Crippen LogP contribution is -2.62. The number of aliphatic hydroxyl groups excluding tert-OH is 5. The average molecular weight is 237 g/mol. The minimum atomic E-state index is -1.25. The lowest BCUT2D eigenvalue weighted by molar-refractivity contribution is -0.195. The van der Waals surface area contributed by atoms with Crippen LogP contribution >= 0.6 is 0 Å². The summed E-state index contributed by atoms with van der Waals surface area (Å²) in [5.74, 6) is 0. The van der Waals surface area contributed by atoms with E-state index < -0.39 is 49.8 Å². The summed E-state index contributed by atoms with van der Waals surface area (Å²) in [6.07, 6.45) is -5.07. The molecule has 0 spiro atoms. The topological polar surface area (TPSA) is 136 Å². The van der Waals surface area contributed by atoms with Crippen LogP contribution in [0.25, 0.3) is 0 Å². The molecule has 0 amide bonds. The summed E-state index contributed by atoms with van der Waals surface area (Å²) in [4.78, 5) is 0. The number of hydrogen-bond donors (Lipinski definition) is 6. The highest BCUT2D eigenvalue weighted by Crippen LogP contribution is 2.22. The van der Waals surface area contributed by atoms with Gasteiger partial charge in [0.05, 0.1) is 31.5 Å². The van der Waals surface area contributed by atoms with Crippen molar-refractivity contribution in [1.82, 2.24) is 0 Å². The molecule has 0 bridgehead atoms. The monoisotopic (exact) mass is 237 g/mol. The van der Waals surface area contributed by atoms with Gasteiger partial charge in [0.2, 0.25) is 0 Å². The third-order valence-electron chi connectivity index (χ3n) is 2.80. The van der Waals surface area contributed by atoms with Gasteiger partial charge in [0, 0.05) is 6.42 Å². The molecule has 1 saturated heterocycles. The van der Waals surface area contributed by atoms with E-state index in [2.05, 4.69) is 0 Å². The van der Waals surface area contributed by atoms with E-state index >= 15 is 0 Å². The van der Waals surface area contributed by atoms with E-state index in [1.807, 2.05) is 0 Å². The molecule has 7 nitrogen and oxygen atoms in total. The fourth-order valence-electron chi connectivity index (χ4n) is 1.77. The molecule has 6 atom stereocenters. The molecule has 0 aromatic rings. The number of rotatable bonds is 4. The zero-order valence-corrected chi connectivity index (χ0v) is 8.81. The van der Waals surface area contributed by atoms with Gasteiger partial charge in [-0.2, -0.15) is 0 Å². The molecule has 0 radical (unpaired) electrons. The molecule has 1 aliphatic heterocycles. The van der Waals surface area contributed by atoms with Gasteiger partial charge in [-0.1, -0.05) is 0 Å². The Balaban J connectivity index is 2.63. The van der Waals surface area contributed by atoms with Crippen LogP contribution in [0, 0.1) is 0 Å². The minimum absolute atomic E-state index is 0.0396. The largest absolute Gasteiger partial charge is 0.394 e. The highest BCUT2D eigenvalue weighted by Gasteiger charge is 2.42. The van der Waals surface area contributed by atoms with Crippen molar-refractivity contribution in [2.24, 2.45) is 5.73 Å². The molecule has 1 heterocycles. The maximum atomic E-state index is 9.59. The van der Waals surface area contributed by atoms with Crippen molar-refractivity contribution in [2.75, 3.05) is 13.2 Å². The van der Waals surface area contributed by atoms with Gasteiger partial charge in [0.25, 0.3) is 0 Å². The van der Waals surface area contributed by atoms with Crippen LogP contribution in [0.2, 0.25) is 0 Å².